The van der Waals surface area contributed by atoms with E-state index in [0.29, 0.717) is 40.0 Å². The molecule has 0 bridgehead atoms. The highest BCUT2D eigenvalue weighted by molar-refractivity contribution is 6.38. The van der Waals surface area contributed by atoms with Gasteiger partial charge < -0.3 is 15.0 Å². The third-order valence-electron chi connectivity index (χ3n) is 2.22. The highest BCUT2D eigenvalue weighted by atomic mass is 35.5. The number of aromatic nitrogens is 1. The maximum absolute atomic E-state index is 6.02. The highest BCUT2D eigenvalue weighted by Gasteiger charge is 2.17. The van der Waals surface area contributed by atoms with Gasteiger partial charge in [0.25, 0.3) is 5.88 Å². The van der Waals surface area contributed by atoms with E-state index < -0.39 is 0 Å². The third kappa shape index (κ3) is 1.84. The van der Waals surface area contributed by atoms with Crippen molar-refractivity contribution in [3.63, 3.8) is 0 Å². The number of benzene rings is 1. The van der Waals surface area contributed by atoms with Crippen molar-refractivity contribution in [3.05, 3.63) is 21.7 Å². The monoisotopic (exact) mass is 260 g/mol. The fourth-order valence-corrected chi connectivity index (χ4v) is 1.93. The Bertz CT molecular complexity index is 525. The van der Waals surface area contributed by atoms with Crippen LogP contribution in [0.25, 0.3) is 11.0 Å². The lowest BCUT2D eigenvalue weighted by atomic mass is 10.1. The van der Waals surface area contributed by atoms with E-state index in [2.05, 4.69) is 5.16 Å². The minimum Gasteiger partial charge on any atom is -0.474 e. The summed E-state index contributed by atoms with van der Waals surface area (Å²) in [6.07, 6.45) is 0. The number of aryl methyl sites for hydroxylation is 1. The number of hydrogen-bond donors (Lipinski definition) is 1. The second-order valence-electron chi connectivity index (χ2n) is 3.29. The first kappa shape index (κ1) is 11.5. The van der Waals surface area contributed by atoms with Crippen molar-refractivity contribution in [2.45, 2.75) is 6.92 Å². The zero-order valence-electron chi connectivity index (χ0n) is 8.59. The standard InChI is InChI=1S/C10H10Cl2N2O2/c1-5-6(11)4-7(12)9-8(5)10(14-16-9)15-3-2-13/h4H,2-3,13H2,1H3. The Kier molecular flexibility index (Phi) is 3.23. The first-order chi connectivity index (χ1) is 7.65. The van der Waals surface area contributed by atoms with Crippen LogP contribution in [-0.2, 0) is 0 Å². The van der Waals surface area contributed by atoms with Gasteiger partial charge in [-0.2, -0.15) is 0 Å². The van der Waals surface area contributed by atoms with Gasteiger partial charge in [-0.25, -0.2) is 0 Å². The molecule has 0 aliphatic carbocycles. The number of nitrogens with two attached hydrogens (primary N) is 1. The minimum absolute atomic E-state index is 0.366. The van der Waals surface area contributed by atoms with Gasteiger partial charge in [0.1, 0.15) is 6.61 Å². The van der Waals surface area contributed by atoms with E-state index in [-0.39, 0.29) is 0 Å². The number of nitrogens with zero attached hydrogens (tertiary/aromatic N) is 1. The summed E-state index contributed by atoms with van der Waals surface area (Å²) in [5.74, 6) is 0.377. The van der Waals surface area contributed by atoms with Crippen molar-refractivity contribution in [3.8, 4) is 5.88 Å². The lowest BCUT2D eigenvalue weighted by Gasteiger charge is -2.03. The Hall–Kier alpha value is -0.970. The molecule has 6 heteroatoms. The van der Waals surface area contributed by atoms with Crippen molar-refractivity contribution in [1.29, 1.82) is 0 Å². The topological polar surface area (TPSA) is 61.3 Å². The van der Waals surface area contributed by atoms with Crippen molar-refractivity contribution < 1.29 is 9.26 Å². The minimum atomic E-state index is 0.366. The molecule has 2 rings (SSSR count). The summed E-state index contributed by atoms with van der Waals surface area (Å²) >= 11 is 12.0. The lowest BCUT2D eigenvalue weighted by molar-refractivity contribution is 0.293. The Labute approximate surface area is 102 Å². The van der Waals surface area contributed by atoms with E-state index in [1.54, 1.807) is 6.07 Å². The fraction of sp³-hybridized carbons (Fsp3) is 0.300. The van der Waals surface area contributed by atoms with Crippen LogP contribution in [0.15, 0.2) is 10.6 Å². The molecule has 0 spiro atoms. The summed E-state index contributed by atoms with van der Waals surface area (Å²) in [6, 6.07) is 1.62. The van der Waals surface area contributed by atoms with Crippen LogP contribution in [0, 0.1) is 6.92 Å². The van der Waals surface area contributed by atoms with Crippen molar-refractivity contribution >= 4 is 34.2 Å². The van der Waals surface area contributed by atoms with Crippen LogP contribution in [0.2, 0.25) is 10.0 Å². The van der Waals surface area contributed by atoms with Gasteiger partial charge >= 0.3 is 0 Å². The average molecular weight is 261 g/mol. The Morgan fingerprint density at radius 1 is 1.44 bits per heavy atom. The molecular formula is C10H10Cl2N2O2. The summed E-state index contributed by atoms with van der Waals surface area (Å²) in [4.78, 5) is 0. The molecule has 0 aliphatic heterocycles. The zero-order valence-corrected chi connectivity index (χ0v) is 10.1. The molecule has 1 aromatic carbocycles. The molecule has 16 heavy (non-hydrogen) atoms. The molecule has 86 valence electrons. The molecule has 0 radical (unpaired) electrons. The van der Waals surface area contributed by atoms with Crippen molar-refractivity contribution in [2.24, 2.45) is 5.73 Å². The number of hydrogen-bond acceptors (Lipinski definition) is 4. The van der Waals surface area contributed by atoms with Gasteiger partial charge in [-0.05, 0) is 23.7 Å². The van der Waals surface area contributed by atoms with Gasteiger partial charge in [0.15, 0.2) is 5.58 Å². The zero-order chi connectivity index (χ0) is 11.7. The Morgan fingerprint density at radius 2 is 2.19 bits per heavy atom. The molecule has 4 nitrogen and oxygen atoms in total. The average Bonchev–Trinajstić information content (AvgIpc) is 2.67. The van der Waals surface area contributed by atoms with E-state index in [1.807, 2.05) is 6.92 Å². The number of fused-ring (bicyclic) bond motifs is 1. The van der Waals surface area contributed by atoms with E-state index in [1.165, 1.54) is 0 Å². The van der Waals surface area contributed by atoms with Crippen LogP contribution in [0.3, 0.4) is 0 Å². The maximum Gasteiger partial charge on any atom is 0.262 e. The molecule has 0 aliphatic rings. The molecule has 0 saturated heterocycles. The molecule has 2 N–H and O–H groups in total. The van der Waals surface area contributed by atoms with Gasteiger partial charge in [-0.3, -0.25) is 0 Å². The summed E-state index contributed by atoms with van der Waals surface area (Å²) in [5, 5.41) is 5.47. The molecule has 0 amide bonds. The first-order valence-corrected chi connectivity index (χ1v) is 5.47. The molecule has 0 fully saturated rings. The normalized spacial score (nSPS) is 11.0. The largest absolute Gasteiger partial charge is 0.474 e. The van der Waals surface area contributed by atoms with Gasteiger partial charge in [0.2, 0.25) is 0 Å². The molecule has 0 unspecified atom stereocenters. The van der Waals surface area contributed by atoms with E-state index in [9.17, 15) is 0 Å². The lowest BCUT2D eigenvalue weighted by Crippen LogP contribution is -2.10. The quantitative estimate of drug-likeness (QED) is 0.922. The summed E-state index contributed by atoms with van der Waals surface area (Å²) in [6.45, 7) is 2.63. The molecule has 1 heterocycles. The summed E-state index contributed by atoms with van der Waals surface area (Å²) in [5.41, 5.74) is 6.66. The van der Waals surface area contributed by atoms with E-state index in [0.717, 1.165) is 5.56 Å². The van der Waals surface area contributed by atoms with Crippen LogP contribution in [-0.4, -0.2) is 18.3 Å². The molecule has 0 saturated carbocycles. The van der Waals surface area contributed by atoms with Crippen LogP contribution in [0.4, 0.5) is 0 Å². The predicted octanol–water partition coefficient (Wildman–Crippen LogP) is 2.78. The molecule has 0 atom stereocenters. The third-order valence-corrected chi connectivity index (χ3v) is 2.89. The first-order valence-electron chi connectivity index (χ1n) is 4.72. The van der Waals surface area contributed by atoms with Gasteiger partial charge in [-0.15, -0.1) is 0 Å². The van der Waals surface area contributed by atoms with Crippen LogP contribution in [0.5, 0.6) is 5.88 Å². The molecule has 2 aromatic rings. The Balaban J connectivity index is 2.60. The van der Waals surface area contributed by atoms with Crippen LogP contribution in [0.1, 0.15) is 5.56 Å². The predicted molar refractivity (Wildman–Crippen MR) is 63.3 cm³/mol. The maximum atomic E-state index is 6.02. The summed E-state index contributed by atoms with van der Waals surface area (Å²) in [7, 11) is 0. The van der Waals surface area contributed by atoms with Gasteiger partial charge in [0.05, 0.1) is 10.4 Å². The van der Waals surface area contributed by atoms with E-state index in [4.69, 9.17) is 38.2 Å². The second kappa shape index (κ2) is 4.49. The highest BCUT2D eigenvalue weighted by Crippen LogP contribution is 2.37. The van der Waals surface area contributed by atoms with E-state index >= 15 is 0 Å². The number of rotatable bonds is 3. The fourth-order valence-electron chi connectivity index (χ4n) is 1.43. The molecule has 1 aromatic heterocycles. The van der Waals surface area contributed by atoms with Crippen LogP contribution >= 0.6 is 23.2 Å². The SMILES string of the molecule is Cc1c(Cl)cc(Cl)c2onc(OCCN)c12. The number of ether oxygens (including phenoxy) is 1. The Morgan fingerprint density at radius 3 is 2.88 bits per heavy atom. The number of halogens is 2. The molecular weight excluding hydrogens is 251 g/mol. The smallest absolute Gasteiger partial charge is 0.262 e. The van der Waals surface area contributed by atoms with Gasteiger partial charge in [0, 0.05) is 11.6 Å². The van der Waals surface area contributed by atoms with Crippen molar-refractivity contribution in [2.75, 3.05) is 13.2 Å². The van der Waals surface area contributed by atoms with Crippen molar-refractivity contribution in [1.82, 2.24) is 5.16 Å². The second-order valence-corrected chi connectivity index (χ2v) is 4.11. The van der Waals surface area contributed by atoms with Gasteiger partial charge in [-0.1, -0.05) is 23.2 Å². The summed E-state index contributed by atoms with van der Waals surface area (Å²) < 4.78 is 10.5. The van der Waals surface area contributed by atoms with Crippen LogP contribution < -0.4 is 10.5 Å².